The van der Waals surface area contributed by atoms with Gasteiger partial charge in [-0.25, -0.2) is 9.78 Å². The van der Waals surface area contributed by atoms with Gasteiger partial charge in [0.2, 0.25) is 0 Å². The van der Waals surface area contributed by atoms with E-state index < -0.39 is 11.7 Å². The van der Waals surface area contributed by atoms with E-state index in [0.29, 0.717) is 6.54 Å². The van der Waals surface area contributed by atoms with E-state index in [9.17, 15) is 4.79 Å². The lowest BCUT2D eigenvalue weighted by molar-refractivity contribution is 0.0523. The fraction of sp³-hybridized carbons (Fsp3) is 0.385. The van der Waals surface area contributed by atoms with E-state index >= 15 is 0 Å². The van der Waals surface area contributed by atoms with Crippen LogP contribution in [0.2, 0.25) is 0 Å². The number of hydrogen-bond acceptors (Lipinski definition) is 3. The van der Waals surface area contributed by atoms with Gasteiger partial charge in [0.05, 0.1) is 6.54 Å². The van der Waals surface area contributed by atoms with Crippen LogP contribution < -0.4 is 5.32 Å². The van der Waals surface area contributed by atoms with Crippen LogP contribution in [0.3, 0.4) is 0 Å². The number of ether oxygens (including phenoxy) is 1. The third-order valence-electron chi connectivity index (χ3n) is 2.33. The number of imidazole rings is 1. The number of carbonyl (C=O) groups excluding carboxylic acids is 1. The van der Waals surface area contributed by atoms with E-state index in [4.69, 9.17) is 4.74 Å². The lowest BCUT2D eigenvalue weighted by Gasteiger charge is -2.19. The average molecular weight is 247 g/mol. The third-order valence-corrected chi connectivity index (χ3v) is 2.33. The molecule has 0 fully saturated rings. The minimum atomic E-state index is -0.481. The van der Waals surface area contributed by atoms with Gasteiger partial charge in [0, 0.05) is 18.1 Å². The number of pyridine rings is 1. The van der Waals surface area contributed by atoms with Crippen molar-refractivity contribution in [1.82, 2.24) is 14.7 Å². The molecule has 5 heteroatoms. The van der Waals surface area contributed by atoms with Crippen LogP contribution in [0.25, 0.3) is 5.65 Å². The molecular formula is C13H17N3O2. The zero-order chi connectivity index (χ0) is 13.2. The quantitative estimate of drug-likeness (QED) is 0.886. The number of hydrogen-bond donors (Lipinski definition) is 1. The second-order valence-corrected chi connectivity index (χ2v) is 5.03. The summed E-state index contributed by atoms with van der Waals surface area (Å²) >= 11 is 0. The lowest BCUT2D eigenvalue weighted by Crippen LogP contribution is -2.32. The Morgan fingerprint density at radius 1 is 1.44 bits per heavy atom. The Bertz CT molecular complexity index is 555. The summed E-state index contributed by atoms with van der Waals surface area (Å²) in [6.07, 6.45) is 3.17. The predicted molar refractivity (Wildman–Crippen MR) is 68.3 cm³/mol. The van der Waals surface area contributed by atoms with E-state index in [2.05, 4.69) is 10.3 Å². The maximum atomic E-state index is 11.5. The number of nitrogens with one attached hydrogen (secondary N) is 1. The van der Waals surface area contributed by atoms with Crippen molar-refractivity contribution in [3.05, 3.63) is 36.3 Å². The van der Waals surface area contributed by atoms with E-state index in [0.717, 1.165) is 11.3 Å². The zero-order valence-electron chi connectivity index (χ0n) is 10.8. The van der Waals surface area contributed by atoms with Crippen molar-refractivity contribution in [3.8, 4) is 0 Å². The van der Waals surface area contributed by atoms with Gasteiger partial charge in [-0.05, 0) is 32.9 Å². The minimum Gasteiger partial charge on any atom is -0.444 e. The fourth-order valence-electron chi connectivity index (χ4n) is 1.63. The summed E-state index contributed by atoms with van der Waals surface area (Å²) in [6.45, 7) is 5.91. The van der Waals surface area contributed by atoms with Crippen molar-refractivity contribution in [1.29, 1.82) is 0 Å². The monoisotopic (exact) mass is 247 g/mol. The molecule has 0 aromatic carbocycles. The number of aromatic nitrogens is 2. The third kappa shape index (κ3) is 3.00. The molecule has 2 heterocycles. The smallest absolute Gasteiger partial charge is 0.407 e. The molecule has 0 unspecified atom stereocenters. The summed E-state index contributed by atoms with van der Waals surface area (Å²) in [5.74, 6) is 0. The largest absolute Gasteiger partial charge is 0.444 e. The zero-order valence-corrected chi connectivity index (χ0v) is 10.8. The van der Waals surface area contributed by atoms with Crippen molar-refractivity contribution < 1.29 is 9.53 Å². The number of nitrogens with zero attached hydrogens (tertiary/aromatic N) is 2. The fourth-order valence-corrected chi connectivity index (χ4v) is 1.63. The van der Waals surface area contributed by atoms with Crippen molar-refractivity contribution >= 4 is 11.7 Å². The lowest BCUT2D eigenvalue weighted by atomic mass is 10.2. The molecular weight excluding hydrogens is 230 g/mol. The highest BCUT2D eigenvalue weighted by Gasteiger charge is 2.15. The summed E-state index contributed by atoms with van der Waals surface area (Å²) in [5.41, 5.74) is 1.33. The SMILES string of the molecule is CC(C)(C)OC(=O)NCc1cccc2nccn12. The van der Waals surface area contributed by atoms with Crippen LogP contribution in [0, 0.1) is 0 Å². The molecule has 1 N–H and O–H groups in total. The molecule has 0 saturated heterocycles. The number of fused-ring (bicyclic) bond motifs is 1. The van der Waals surface area contributed by atoms with Crippen LogP contribution in [0.5, 0.6) is 0 Å². The predicted octanol–water partition coefficient (Wildman–Crippen LogP) is 2.36. The molecule has 0 aliphatic heterocycles. The van der Waals surface area contributed by atoms with E-state index in [1.54, 1.807) is 6.20 Å². The second-order valence-electron chi connectivity index (χ2n) is 5.03. The van der Waals surface area contributed by atoms with Crippen molar-refractivity contribution in [2.45, 2.75) is 32.9 Å². The average Bonchev–Trinajstić information content (AvgIpc) is 2.72. The maximum absolute atomic E-state index is 11.5. The standard InChI is InChI=1S/C13H17N3O2/c1-13(2,3)18-12(17)15-9-10-5-4-6-11-14-7-8-16(10)11/h4-8H,9H2,1-3H3,(H,15,17). The van der Waals surface area contributed by atoms with Gasteiger partial charge in [0.15, 0.2) is 0 Å². The van der Waals surface area contributed by atoms with Crippen LogP contribution >= 0.6 is 0 Å². The van der Waals surface area contributed by atoms with Gasteiger partial charge in [0.1, 0.15) is 11.2 Å². The van der Waals surface area contributed by atoms with Crippen molar-refractivity contribution in [2.24, 2.45) is 0 Å². The van der Waals surface area contributed by atoms with Gasteiger partial charge >= 0.3 is 6.09 Å². The van der Waals surface area contributed by atoms with Crippen LogP contribution in [-0.2, 0) is 11.3 Å². The summed E-state index contributed by atoms with van der Waals surface area (Å²) in [5, 5.41) is 2.73. The molecule has 2 aromatic rings. The number of rotatable bonds is 2. The molecule has 1 amide bonds. The first kappa shape index (κ1) is 12.4. The Balaban J connectivity index is 2.02. The summed E-state index contributed by atoms with van der Waals surface area (Å²) < 4.78 is 7.11. The van der Waals surface area contributed by atoms with Crippen LogP contribution in [0.4, 0.5) is 4.79 Å². The normalized spacial score (nSPS) is 11.5. The Hall–Kier alpha value is -2.04. The highest BCUT2D eigenvalue weighted by atomic mass is 16.6. The maximum Gasteiger partial charge on any atom is 0.407 e. The summed E-state index contributed by atoms with van der Waals surface area (Å²) in [6, 6.07) is 5.76. The molecule has 96 valence electrons. The molecule has 0 aliphatic carbocycles. The highest BCUT2D eigenvalue weighted by molar-refractivity contribution is 5.67. The Kier molecular flexibility index (Phi) is 3.23. The van der Waals surface area contributed by atoms with E-state index in [-0.39, 0.29) is 0 Å². The summed E-state index contributed by atoms with van der Waals surface area (Å²) in [7, 11) is 0. The minimum absolute atomic E-state index is 0.405. The molecule has 18 heavy (non-hydrogen) atoms. The first-order valence-electron chi connectivity index (χ1n) is 5.83. The highest BCUT2D eigenvalue weighted by Crippen LogP contribution is 2.08. The van der Waals surface area contributed by atoms with Crippen molar-refractivity contribution in [2.75, 3.05) is 0 Å². The van der Waals surface area contributed by atoms with Gasteiger partial charge < -0.3 is 14.5 Å². The van der Waals surface area contributed by atoms with Gasteiger partial charge in [-0.3, -0.25) is 0 Å². The van der Waals surface area contributed by atoms with Crippen LogP contribution in [0.15, 0.2) is 30.6 Å². The van der Waals surface area contributed by atoms with Gasteiger partial charge in [0.25, 0.3) is 0 Å². The van der Waals surface area contributed by atoms with E-state index in [1.807, 2.05) is 49.6 Å². The van der Waals surface area contributed by atoms with Gasteiger partial charge in [-0.2, -0.15) is 0 Å². The topological polar surface area (TPSA) is 55.6 Å². The molecule has 0 saturated carbocycles. The van der Waals surface area contributed by atoms with Gasteiger partial charge in [-0.1, -0.05) is 6.07 Å². The first-order chi connectivity index (χ1) is 8.46. The first-order valence-corrected chi connectivity index (χ1v) is 5.83. The number of carbonyl (C=O) groups is 1. The van der Waals surface area contributed by atoms with Gasteiger partial charge in [-0.15, -0.1) is 0 Å². The number of alkyl carbamates (subject to hydrolysis) is 1. The Labute approximate surface area is 106 Å². The second kappa shape index (κ2) is 4.68. The number of amides is 1. The molecule has 0 atom stereocenters. The molecule has 5 nitrogen and oxygen atoms in total. The molecule has 0 bridgehead atoms. The molecule has 0 spiro atoms. The van der Waals surface area contributed by atoms with Crippen molar-refractivity contribution in [3.63, 3.8) is 0 Å². The molecule has 2 rings (SSSR count). The molecule has 0 aliphatic rings. The molecule has 2 aromatic heterocycles. The van der Waals surface area contributed by atoms with Crippen LogP contribution in [0.1, 0.15) is 26.5 Å². The molecule has 0 radical (unpaired) electrons. The van der Waals surface area contributed by atoms with Crippen LogP contribution in [-0.4, -0.2) is 21.1 Å². The Morgan fingerprint density at radius 2 is 2.22 bits per heavy atom. The summed E-state index contributed by atoms with van der Waals surface area (Å²) in [4.78, 5) is 15.7. The van der Waals surface area contributed by atoms with E-state index in [1.165, 1.54) is 0 Å². The Morgan fingerprint density at radius 3 is 2.94 bits per heavy atom.